The smallest absolute Gasteiger partial charge is 0.406 e. The van der Waals surface area contributed by atoms with E-state index in [2.05, 4.69) is 12.2 Å². The van der Waals surface area contributed by atoms with Gasteiger partial charge in [-0.05, 0) is 6.42 Å². The van der Waals surface area contributed by atoms with Crippen molar-refractivity contribution >= 4 is 11.9 Å². The summed E-state index contributed by atoms with van der Waals surface area (Å²) in [6.07, 6.45) is 23.7. The maximum absolute atomic E-state index is 11.9. The fraction of sp³-hybridized carbons (Fsp3) is 0.741. The normalized spacial score (nSPS) is 10.9. The molecule has 0 amide bonds. The van der Waals surface area contributed by atoms with Gasteiger partial charge in [-0.15, -0.1) is 4.57 Å². The van der Waals surface area contributed by atoms with Gasteiger partial charge in [-0.3, -0.25) is 4.79 Å². The van der Waals surface area contributed by atoms with Gasteiger partial charge in [-0.1, -0.05) is 103 Å². The summed E-state index contributed by atoms with van der Waals surface area (Å²) in [5.74, 6) is -0.167. The fourth-order valence-electron chi connectivity index (χ4n) is 3.80. The molecule has 0 aromatic carbocycles. The van der Waals surface area contributed by atoms with Crippen LogP contribution in [0.3, 0.4) is 0 Å². The highest BCUT2D eigenvalue weighted by atomic mass is 16.5. The number of carbonyl (C=O) groups excluding carboxylic acids is 2. The minimum Gasteiger partial charge on any atom is -0.464 e. The third-order valence-corrected chi connectivity index (χ3v) is 5.81. The molecule has 0 fully saturated rings. The number of hydrogen-bond donors (Lipinski definition) is 1. The zero-order valence-electron chi connectivity index (χ0n) is 20.5. The molecule has 0 atom stereocenters. The number of esters is 1. The molecule has 0 unspecified atom stereocenters. The second-order valence-electron chi connectivity index (χ2n) is 8.77. The first kappa shape index (κ1) is 28.3. The van der Waals surface area contributed by atoms with Crippen molar-refractivity contribution in [3.63, 3.8) is 0 Å². The Kier molecular flexibility index (Phi) is 18.7. The Morgan fingerprint density at radius 3 is 1.75 bits per heavy atom. The maximum atomic E-state index is 11.9. The molecule has 1 rings (SSSR count). The summed E-state index contributed by atoms with van der Waals surface area (Å²) in [6.45, 7) is 3.30. The molecular formula is C27H47N2O3+. The lowest BCUT2D eigenvalue weighted by atomic mass is 10.0. The summed E-state index contributed by atoms with van der Waals surface area (Å²) in [7, 11) is 0. The highest BCUT2D eigenvalue weighted by Gasteiger charge is 2.11. The Labute approximate surface area is 196 Å². The number of unbranched alkanes of at least 4 members (excludes halogenated alkanes) is 14. The van der Waals surface area contributed by atoms with Crippen molar-refractivity contribution in [1.82, 2.24) is 5.32 Å². The van der Waals surface area contributed by atoms with Gasteiger partial charge in [0.15, 0.2) is 12.4 Å². The van der Waals surface area contributed by atoms with E-state index in [9.17, 15) is 9.59 Å². The minimum atomic E-state index is -0.134. The molecular weight excluding hydrogens is 400 g/mol. The van der Waals surface area contributed by atoms with Crippen LogP contribution in [0.4, 0.5) is 0 Å². The zero-order chi connectivity index (χ0) is 23.1. The molecule has 32 heavy (non-hydrogen) atoms. The Morgan fingerprint density at radius 1 is 0.719 bits per heavy atom. The summed E-state index contributed by atoms with van der Waals surface area (Å²) in [5, 5.41) is 3.01. The molecule has 1 aromatic rings. The van der Waals surface area contributed by atoms with Crippen molar-refractivity contribution in [2.24, 2.45) is 0 Å². The van der Waals surface area contributed by atoms with Gasteiger partial charge >= 0.3 is 11.9 Å². The molecule has 0 bridgehead atoms. The molecule has 5 heteroatoms. The van der Waals surface area contributed by atoms with E-state index in [4.69, 9.17) is 4.74 Å². The second kappa shape index (κ2) is 21.1. The van der Waals surface area contributed by atoms with Crippen LogP contribution < -0.4 is 9.88 Å². The van der Waals surface area contributed by atoms with Crippen molar-refractivity contribution in [3.05, 3.63) is 30.6 Å². The van der Waals surface area contributed by atoms with E-state index in [0.717, 1.165) is 12.8 Å². The summed E-state index contributed by atoms with van der Waals surface area (Å²) >= 11 is 0. The van der Waals surface area contributed by atoms with Crippen LogP contribution >= 0.6 is 0 Å². The molecule has 0 aliphatic rings. The van der Waals surface area contributed by atoms with E-state index in [-0.39, 0.29) is 18.4 Å². The second-order valence-corrected chi connectivity index (χ2v) is 8.77. The van der Waals surface area contributed by atoms with E-state index >= 15 is 0 Å². The molecule has 1 aromatic heterocycles. The van der Waals surface area contributed by atoms with Crippen LogP contribution in [0.15, 0.2) is 30.6 Å². The monoisotopic (exact) mass is 447 g/mol. The molecule has 0 saturated heterocycles. The van der Waals surface area contributed by atoms with Gasteiger partial charge in [-0.25, -0.2) is 4.79 Å². The molecule has 0 radical (unpaired) electrons. The quantitative estimate of drug-likeness (QED) is 0.142. The lowest BCUT2D eigenvalue weighted by Crippen LogP contribution is -2.47. The lowest BCUT2D eigenvalue weighted by Gasteiger charge is -2.05. The molecule has 182 valence electrons. The number of aromatic nitrogens is 1. The molecule has 0 aliphatic carbocycles. The van der Waals surface area contributed by atoms with Gasteiger partial charge in [0.25, 0.3) is 0 Å². The van der Waals surface area contributed by atoms with Crippen LogP contribution in [0.2, 0.25) is 0 Å². The summed E-state index contributed by atoms with van der Waals surface area (Å²) in [5.41, 5.74) is 0. The van der Waals surface area contributed by atoms with Crippen molar-refractivity contribution in [2.45, 2.75) is 110 Å². The van der Waals surface area contributed by atoms with Crippen molar-refractivity contribution in [2.75, 3.05) is 19.7 Å². The summed E-state index contributed by atoms with van der Waals surface area (Å²) in [6, 6.07) is 5.50. The van der Waals surface area contributed by atoms with Crippen LogP contribution in [-0.2, 0) is 9.53 Å². The molecule has 5 nitrogen and oxygen atoms in total. The number of pyridine rings is 1. The summed E-state index contributed by atoms with van der Waals surface area (Å²) < 4.78 is 6.77. The highest BCUT2D eigenvalue weighted by Crippen LogP contribution is 2.13. The first-order valence-corrected chi connectivity index (χ1v) is 13.1. The predicted octanol–water partition coefficient (Wildman–Crippen LogP) is 6.01. The third-order valence-electron chi connectivity index (χ3n) is 5.81. The predicted molar refractivity (Wildman–Crippen MR) is 131 cm³/mol. The van der Waals surface area contributed by atoms with E-state index in [1.165, 1.54) is 88.0 Å². The fourth-order valence-corrected chi connectivity index (χ4v) is 3.80. The van der Waals surface area contributed by atoms with E-state index in [1.807, 2.05) is 18.2 Å². The van der Waals surface area contributed by atoms with Gasteiger partial charge in [0.1, 0.15) is 13.2 Å². The average Bonchev–Trinajstić information content (AvgIpc) is 2.81. The van der Waals surface area contributed by atoms with Gasteiger partial charge < -0.3 is 10.1 Å². The van der Waals surface area contributed by atoms with E-state index in [0.29, 0.717) is 19.6 Å². The number of ether oxygens (including phenoxy) is 1. The highest BCUT2D eigenvalue weighted by molar-refractivity contribution is 5.69. The van der Waals surface area contributed by atoms with Crippen molar-refractivity contribution < 1.29 is 18.9 Å². The van der Waals surface area contributed by atoms with Gasteiger partial charge in [0.2, 0.25) is 0 Å². The van der Waals surface area contributed by atoms with Gasteiger partial charge in [0.05, 0.1) is 0 Å². The Balaban J connectivity index is 1.79. The Hall–Kier alpha value is -1.75. The van der Waals surface area contributed by atoms with Crippen LogP contribution in [0.5, 0.6) is 0 Å². The van der Waals surface area contributed by atoms with Crippen molar-refractivity contribution in [1.29, 1.82) is 0 Å². The van der Waals surface area contributed by atoms with Gasteiger partial charge in [0, 0.05) is 25.1 Å². The van der Waals surface area contributed by atoms with Crippen LogP contribution in [0.1, 0.15) is 114 Å². The SMILES string of the molecule is CCCCCCCCCCCCCCCCCC(=O)OCCNCC(=O)[n+]1ccccc1. The lowest BCUT2D eigenvalue weighted by molar-refractivity contribution is -0.573. The number of rotatable bonds is 21. The largest absolute Gasteiger partial charge is 0.464 e. The van der Waals surface area contributed by atoms with Gasteiger partial charge in [-0.2, -0.15) is 0 Å². The molecule has 1 N–H and O–H groups in total. The van der Waals surface area contributed by atoms with Crippen molar-refractivity contribution in [3.8, 4) is 0 Å². The van der Waals surface area contributed by atoms with Crippen LogP contribution in [0.25, 0.3) is 0 Å². The number of nitrogens with one attached hydrogen (secondary N) is 1. The zero-order valence-corrected chi connectivity index (χ0v) is 20.5. The topological polar surface area (TPSA) is 59.3 Å². The number of carbonyl (C=O) groups is 2. The number of nitrogens with zero attached hydrogens (tertiary/aromatic N) is 1. The Bertz CT molecular complexity index is 578. The third kappa shape index (κ3) is 16.9. The Morgan fingerprint density at radius 2 is 1.22 bits per heavy atom. The minimum absolute atomic E-state index is 0.0327. The molecule has 0 aliphatic heterocycles. The first-order chi connectivity index (χ1) is 15.7. The molecule has 0 saturated carbocycles. The number of hydrogen-bond acceptors (Lipinski definition) is 4. The molecule has 1 heterocycles. The van der Waals surface area contributed by atoms with Crippen LogP contribution in [-0.4, -0.2) is 31.6 Å². The standard InChI is InChI=1S/C27H47N2O3/c1-2-3-4-5-6-7-8-9-10-11-12-13-14-15-17-20-27(31)32-24-21-28-25-26(30)29-22-18-16-19-23-29/h16,18-19,22-23,28H,2-15,17,20-21,24-25H2,1H3/q+1. The van der Waals surface area contributed by atoms with E-state index < -0.39 is 0 Å². The summed E-state index contributed by atoms with van der Waals surface area (Å²) in [4.78, 5) is 23.7. The average molecular weight is 448 g/mol. The maximum Gasteiger partial charge on any atom is 0.406 e. The molecule has 0 spiro atoms. The van der Waals surface area contributed by atoms with Crippen LogP contribution in [0, 0.1) is 0 Å². The first-order valence-electron chi connectivity index (χ1n) is 13.1. The van der Waals surface area contributed by atoms with E-state index in [1.54, 1.807) is 12.4 Å².